The number of carbonyl (C=O) groups excluding carboxylic acids is 2. The minimum atomic E-state index is -1.80. The van der Waals surface area contributed by atoms with Crippen LogP contribution < -0.4 is 0 Å². The summed E-state index contributed by atoms with van der Waals surface area (Å²) in [5.74, 6) is -2.31. The minimum absolute atomic E-state index is 0.0590. The number of ketones is 2. The molecule has 4 rings (SSSR count). The van der Waals surface area contributed by atoms with Crippen molar-refractivity contribution in [2.75, 3.05) is 6.61 Å². The van der Waals surface area contributed by atoms with E-state index in [1.54, 1.807) is 32.9 Å². The van der Waals surface area contributed by atoms with Gasteiger partial charge in [-0.05, 0) is 42.9 Å². The zero-order chi connectivity index (χ0) is 21.6. The summed E-state index contributed by atoms with van der Waals surface area (Å²) in [5.41, 5.74) is -3.47. The predicted molar refractivity (Wildman–Crippen MR) is 106 cm³/mol. The van der Waals surface area contributed by atoms with Crippen LogP contribution >= 0.6 is 11.6 Å². The molecule has 4 aliphatic rings. The summed E-state index contributed by atoms with van der Waals surface area (Å²) in [4.78, 5) is 23.3. The molecule has 0 amide bonds. The average Bonchev–Trinajstić information content (AvgIpc) is 2.86. The number of hydrogen-bond donors (Lipinski definition) is 4. The summed E-state index contributed by atoms with van der Waals surface area (Å²) in [6, 6.07) is 0. The fourth-order valence-electron chi connectivity index (χ4n) is 6.83. The number of fused-ring (bicyclic) bond motifs is 5. The molecule has 4 N–H and O–H groups in total. The van der Waals surface area contributed by atoms with E-state index < -0.39 is 51.6 Å². The Bertz CT molecular complexity index is 892. The van der Waals surface area contributed by atoms with E-state index in [1.165, 1.54) is 12.2 Å². The van der Waals surface area contributed by atoms with Gasteiger partial charge in [0.15, 0.2) is 11.6 Å². The molecule has 0 aromatic heterocycles. The highest BCUT2D eigenvalue weighted by Gasteiger charge is 2.74. The second-order valence-electron chi connectivity index (χ2n) is 9.57. The molecule has 7 heteroatoms. The minimum Gasteiger partial charge on any atom is -0.508 e. The first-order valence-corrected chi connectivity index (χ1v) is 10.4. The third-order valence-corrected chi connectivity index (χ3v) is 9.33. The molecule has 2 unspecified atom stereocenters. The highest BCUT2D eigenvalue weighted by Crippen LogP contribution is 2.70. The van der Waals surface area contributed by atoms with E-state index in [9.17, 15) is 30.0 Å². The van der Waals surface area contributed by atoms with Crippen molar-refractivity contribution in [3.8, 4) is 0 Å². The van der Waals surface area contributed by atoms with Crippen molar-refractivity contribution >= 4 is 23.2 Å². The van der Waals surface area contributed by atoms with Crippen LogP contribution in [0.4, 0.5) is 0 Å². The molecule has 29 heavy (non-hydrogen) atoms. The molecule has 0 radical (unpaired) electrons. The van der Waals surface area contributed by atoms with Gasteiger partial charge in [0.2, 0.25) is 0 Å². The van der Waals surface area contributed by atoms with Crippen molar-refractivity contribution in [2.45, 2.75) is 50.2 Å². The Morgan fingerprint density at radius 3 is 2.62 bits per heavy atom. The van der Waals surface area contributed by atoms with Gasteiger partial charge < -0.3 is 20.4 Å². The summed E-state index contributed by atoms with van der Waals surface area (Å²) in [7, 11) is 0. The van der Waals surface area contributed by atoms with E-state index in [2.05, 4.69) is 0 Å². The van der Waals surface area contributed by atoms with Gasteiger partial charge in [-0.15, -0.1) is 11.6 Å². The first kappa shape index (κ1) is 20.8. The largest absolute Gasteiger partial charge is 0.508 e. The highest BCUT2D eigenvalue weighted by molar-refractivity contribution is 6.26. The van der Waals surface area contributed by atoms with Crippen molar-refractivity contribution in [3.05, 3.63) is 35.6 Å². The molecule has 4 aliphatic carbocycles. The van der Waals surface area contributed by atoms with Crippen LogP contribution in [0.3, 0.4) is 0 Å². The Hall–Kier alpha value is -1.47. The number of Topliss-reactive ketones (excluding diaryl/α,β-unsaturated/α-hetero) is 1. The Kier molecular flexibility index (Phi) is 4.33. The number of hydrogen-bond acceptors (Lipinski definition) is 6. The van der Waals surface area contributed by atoms with Crippen molar-refractivity contribution in [1.82, 2.24) is 0 Å². The van der Waals surface area contributed by atoms with Gasteiger partial charge in [0, 0.05) is 22.3 Å². The normalized spacial score (nSPS) is 50.9. The second-order valence-corrected chi connectivity index (χ2v) is 10.2. The molecular weight excluding hydrogens is 396 g/mol. The molecular formula is C22H27ClO6. The number of alkyl halides is 1. The lowest BCUT2D eigenvalue weighted by atomic mass is 9.47. The van der Waals surface area contributed by atoms with Crippen molar-refractivity contribution in [2.24, 2.45) is 28.6 Å². The van der Waals surface area contributed by atoms with Gasteiger partial charge in [0.05, 0.1) is 11.0 Å². The molecule has 0 bridgehead atoms. The number of halogens is 1. The maximum Gasteiger partial charge on any atom is 0.190 e. The zero-order valence-corrected chi connectivity index (χ0v) is 17.5. The molecule has 6 nitrogen and oxygen atoms in total. The van der Waals surface area contributed by atoms with Crippen LogP contribution in [0.2, 0.25) is 0 Å². The fourth-order valence-corrected chi connectivity index (χ4v) is 7.29. The van der Waals surface area contributed by atoms with Crippen LogP contribution in [-0.2, 0) is 9.59 Å². The topological polar surface area (TPSA) is 115 Å². The van der Waals surface area contributed by atoms with Crippen LogP contribution in [0.1, 0.15) is 33.6 Å². The van der Waals surface area contributed by atoms with Gasteiger partial charge in [-0.2, -0.15) is 0 Å². The van der Waals surface area contributed by atoms with Gasteiger partial charge in [-0.3, -0.25) is 9.59 Å². The molecule has 0 spiro atoms. The molecule has 2 saturated carbocycles. The fraction of sp³-hybridized carbons (Fsp3) is 0.636. The number of aliphatic hydroxyl groups excluding tert-OH is 3. The van der Waals surface area contributed by atoms with E-state index in [1.807, 2.05) is 0 Å². The lowest BCUT2D eigenvalue weighted by Crippen LogP contribution is -2.68. The van der Waals surface area contributed by atoms with Crippen LogP contribution in [0.15, 0.2) is 35.6 Å². The monoisotopic (exact) mass is 422 g/mol. The van der Waals surface area contributed by atoms with Gasteiger partial charge in [-0.1, -0.05) is 26.8 Å². The summed E-state index contributed by atoms with van der Waals surface area (Å²) >= 11 is 7.21. The van der Waals surface area contributed by atoms with Gasteiger partial charge in [0.25, 0.3) is 0 Å². The third kappa shape index (κ3) is 2.18. The molecule has 0 aliphatic heterocycles. The number of rotatable bonds is 2. The Labute approximate surface area is 174 Å². The number of aliphatic hydroxyl groups is 4. The van der Waals surface area contributed by atoms with Gasteiger partial charge in [-0.25, -0.2) is 0 Å². The molecule has 0 aromatic rings. The maximum absolute atomic E-state index is 12.6. The van der Waals surface area contributed by atoms with Crippen LogP contribution in [0.25, 0.3) is 0 Å². The Morgan fingerprint density at radius 1 is 1.34 bits per heavy atom. The van der Waals surface area contributed by atoms with E-state index in [0.29, 0.717) is 12.0 Å². The summed E-state index contributed by atoms with van der Waals surface area (Å²) < 4.78 is 0. The lowest BCUT2D eigenvalue weighted by molar-refractivity contribution is -0.175. The maximum atomic E-state index is 12.6. The van der Waals surface area contributed by atoms with E-state index in [4.69, 9.17) is 11.6 Å². The van der Waals surface area contributed by atoms with E-state index in [-0.39, 0.29) is 23.9 Å². The van der Waals surface area contributed by atoms with Crippen LogP contribution in [0.5, 0.6) is 0 Å². The summed E-state index contributed by atoms with van der Waals surface area (Å²) in [6.45, 7) is 4.53. The van der Waals surface area contributed by atoms with Crippen molar-refractivity contribution in [1.29, 1.82) is 0 Å². The standard InChI is InChI=1S/C22H27ClO6/c1-11-6-13-14-8-16(26)15-7-12(25)4-5-19(15,2)21(14,23)17(27)9-20(13,3)22(11,29)18(28)10-24/h4-5,7-8,11,13-14,17,24,26-27,29H,6,9-10H2,1-3H3/t11?,13-,14-,17?,19-,20-,21-,22-/m0/s1. The third-order valence-electron chi connectivity index (χ3n) is 8.44. The predicted octanol–water partition coefficient (Wildman–Crippen LogP) is 1.83. The smallest absolute Gasteiger partial charge is 0.190 e. The van der Waals surface area contributed by atoms with Crippen molar-refractivity contribution in [3.63, 3.8) is 0 Å². The zero-order valence-electron chi connectivity index (χ0n) is 16.7. The lowest BCUT2D eigenvalue weighted by Gasteiger charge is -2.62. The van der Waals surface area contributed by atoms with Crippen molar-refractivity contribution < 1.29 is 30.0 Å². The SMILES string of the molecule is CC1C[C@H]2[C@@H]3C=C(O)C4=CC(=O)C=C[C@]4(C)[C@@]3(Cl)C(O)C[C@]2(C)[C@@]1(O)C(=O)CO. The van der Waals surface area contributed by atoms with Gasteiger partial charge in [0.1, 0.15) is 18.0 Å². The molecule has 0 heterocycles. The summed E-state index contributed by atoms with van der Waals surface area (Å²) in [6.07, 6.45) is 5.33. The molecule has 0 aromatic carbocycles. The molecule has 8 atom stereocenters. The first-order valence-electron chi connectivity index (χ1n) is 9.98. The van der Waals surface area contributed by atoms with Crippen LogP contribution in [-0.4, -0.2) is 55.2 Å². The number of carbonyl (C=O) groups is 2. The Morgan fingerprint density at radius 2 is 2.00 bits per heavy atom. The second kappa shape index (κ2) is 6.03. The summed E-state index contributed by atoms with van der Waals surface area (Å²) in [5, 5.41) is 43.1. The van der Waals surface area contributed by atoms with E-state index >= 15 is 0 Å². The average molecular weight is 423 g/mol. The van der Waals surface area contributed by atoms with Crippen LogP contribution in [0, 0.1) is 28.6 Å². The highest BCUT2D eigenvalue weighted by atomic mass is 35.5. The quantitative estimate of drug-likeness (QED) is 0.505. The van der Waals surface area contributed by atoms with Gasteiger partial charge >= 0.3 is 0 Å². The first-order chi connectivity index (χ1) is 13.4. The molecule has 2 fully saturated rings. The number of allylic oxidation sites excluding steroid dienone is 5. The molecule has 0 saturated heterocycles. The Balaban J connectivity index is 1.93. The molecule has 158 valence electrons. The van der Waals surface area contributed by atoms with E-state index in [0.717, 1.165) is 0 Å².